The van der Waals surface area contributed by atoms with E-state index in [-0.39, 0.29) is 5.41 Å². The van der Waals surface area contributed by atoms with E-state index in [2.05, 4.69) is 37.3 Å². The third-order valence-corrected chi connectivity index (χ3v) is 3.52. The summed E-state index contributed by atoms with van der Waals surface area (Å²) in [5.41, 5.74) is 1.66. The van der Waals surface area contributed by atoms with Crippen LogP contribution < -0.4 is 0 Å². The molecule has 0 aliphatic heterocycles. The van der Waals surface area contributed by atoms with Crippen LogP contribution in [0, 0.1) is 11.3 Å². The molecule has 0 heterocycles. The normalized spacial score (nSPS) is 30.3. The van der Waals surface area contributed by atoms with Gasteiger partial charge in [0.2, 0.25) is 0 Å². The Morgan fingerprint density at radius 3 is 2.64 bits per heavy atom. The molecule has 1 aliphatic rings. The van der Waals surface area contributed by atoms with Crippen LogP contribution in [-0.2, 0) is 6.42 Å². The lowest BCUT2D eigenvalue weighted by Crippen LogP contribution is -2.04. The smallest absolute Gasteiger partial charge is 0.0487 e. The first-order valence-electron chi connectivity index (χ1n) is 5.39. The molecule has 0 bridgehead atoms. The van der Waals surface area contributed by atoms with Crippen molar-refractivity contribution in [3.63, 3.8) is 0 Å². The molecule has 0 amide bonds. The first-order valence-corrected chi connectivity index (χ1v) is 5.39. The van der Waals surface area contributed by atoms with Crippen LogP contribution in [-0.4, -0.2) is 11.7 Å². The summed E-state index contributed by atoms with van der Waals surface area (Å²) in [6, 6.07) is 10.6. The fraction of sp³-hybridized carbons (Fsp3) is 0.538. The maximum absolute atomic E-state index is 9.13. The summed E-state index contributed by atoms with van der Waals surface area (Å²) in [6.45, 7) is 2.54. The minimum absolute atomic E-state index is 0.245. The summed E-state index contributed by atoms with van der Waals surface area (Å²) in [5.74, 6) is 0.743. The number of aliphatic hydroxyl groups is 1. The highest BCUT2D eigenvalue weighted by atomic mass is 16.3. The van der Waals surface area contributed by atoms with E-state index in [1.54, 1.807) is 0 Å². The zero-order valence-electron chi connectivity index (χ0n) is 8.74. The highest BCUT2D eigenvalue weighted by Gasteiger charge is 2.48. The highest BCUT2D eigenvalue weighted by Crippen LogP contribution is 2.53. The van der Waals surface area contributed by atoms with Gasteiger partial charge in [-0.3, -0.25) is 0 Å². The fourth-order valence-corrected chi connectivity index (χ4v) is 2.13. The Labute approximate surface area is 85.8 Å². The van der Waals surface area contributed by atoms with Crippen LogP contribution in [0.5, 0.6) is 0 Å². The zero-order chi connectivity index (χ0) is 10.0. The lowest BCUT2D eigenvalue weighted by molar-refractivity contribution is 0.210. The van der Waals surface area contributed by atoms with Crippen LogP contribution in [0.4, 0.5) is 0 Å². The Hall–Kier alpha value is -0.820. The van der Waals surface area contributed by atoms with Crippen molar-refractivity contribution in [2.24, 2.45) is 11.3 Å². The van der Waals surface area contributed by atoms with Gasteiger partial charge in [-0.05, 0) is 36.2 Å². The third kappa shape index (κ3) is 1.98. The molecule has 0 spiro atoms. The van der Waals surface area contributed by atoms with Crippen molar-refractivity contribution < 1.29 is 5.11 Å². The molecule has 1 aromatic carbocycles. The fourth-order valence-electron chi connectivity index (χ4n) is 2.13. The monoisotopic (exact) mass is 190 g/mol. The Kier molecular flexibility index (Phi) is 2.60. The molecular formula is C13H18O. The van der Waals surface area contributed by atoms with Gasteiger partial charge in [-0.2, -0.15) is 0 Å². The number of hydrogen-bond donors (Lipinski definition) is 1. The van der Waals surface area contributed by atoms with Crippen molar-refractivity contribution in [1.82, 2.24) is 0 Å². The van der Waals surface area contributed by atoms with Gasteiger partial charge >= 0.3 is 0 Å². The van der Waals surface area contributed by atoms with E-state index in [0.717, 1.165) is 12.3 Å². The molecule has 0 saturated heterocycles. The second kappa shape index (κ2) is 3.74. The van der Waals surface area contributed by atoms with Crippen molar-refractivity contribution >= 4 is 0 Å². The van der Waals surface area contributed by atoms with Gasteiger partial charge in [-0.1, -0.05) is 37.3 Å². The standard InChI is InChI=1S/C13H18O/c1-13(10-14)9-12(13)8-7-11-5-3-2-4-6-11/h2-6,12,14H,7-10H2,1H3/t12-,13+/m1/s1. The van der Waals surface area contributed by atoms with Gasteiger partial charge < -0.3 is 5.11 Å². The van der Waals surface area contributed by atoms with Gasteiger partial charge in [0, 0.05) is 6.61 Å². The molecule has 1 saturated carbocycles. The van der Waals surface area contributed by atoms with Crippen LogP contribution in [0.2, 0.25) is 0 Å². The second-order valence-corrected chi connectivity index (χ2v) is 4.74. The maximum Gasteiger partial charge on any atom is 0.0487 e. The molecule has 2 rings (SSSR count). The van der Waals surface area contributed by atoms with E-state index in [1.165, 1.54) is 18.4 Å². The summed E-state index contributed by atoms with van der Waals surface area (Å²) >= 11 is 0. The molecule has 76 valence electrons. The molecule has 1 heteroatoms. The van der Waals surface area contributed by atoms with Gasteiger partial charge in [0.15, 0.2) is 0 Å². The molecule has 14 heavy (non-hydrogen) atoms. The third-order valence-electron chi connectivity index (χ3n) is 3.52. The largest absolute Gasteiger partial charge is 0.396 e. The van der Waals surface area contributed by atoms with E-state index in [4.69, 9.17) is 5.11 Å². The predicted octanol–water partition coefficient (Wildman–Crippen LogP) is 2.64. The summed E-state index contributed by atoms with van der Waals surface area (Å²) < 4.78 is 0. The first-order chi connectivity index (χ1) is 6.74. The average Bonchev–Trinajstić information content (AvgIpc) is 2.90. The summed E-state index contributed by atoms with van der Waals surface area (Å²) in [6.07, 6.45) is 3.58. The molecule has 2 atom stereocenters. The van der Waals surface area contributed by atoms with Crippen molar-refractivity contribution in [1.29, 1.82) is 0 Å². The lowest BCUT2D eigenvalue weighted by Gasteiger charge is -2.06. The highest BCUT2D eigenvalue weighted by molar-refractivity contribution is 5.15. The molecule has 1 nitrogen and oxygen atoms in total. The maximum atomic E-state index is 9.13. The zero-order valence-corrected chi connectivity index (χ0v) is 8.74. The van der Waals surface area contributed by atoms with Crippen LogP contribution in [0.15, 0.2) is 30.3 Å². The number of hydrogen-bond acceptors (Lipinski definition) is 1. The first kappa shape index (κ1) is 9.72. The summed E-state index contributed by atoms with van der Waals surface area (Å²) in [4.78, 5) is 0. The number of aliphatic hydroxyl groups excluding tert-OH is 1. The number of aryl methyl sites for hydroxylation is 1. The minimum Gasteiger partial charge on any atom is -0.396 e. The van der Waals surface area contributed by atoms with Crippen LogP contribution in [0.1, 0.15) is 25.3 Å². The molecule has 0 radical (unpaired) electrons. The molecule has 1 aliphatic carbocycles. The Morgan fingerprint density at radius 1 is 1.36 bits per heavy atom. The molecule has 1 N–H and O–H groups in total. The molecule has 1 fully saturated rings. The SMILES string of the molecule is C[C@@]1(CO)C[C@H]1CCc1ccccc1. The van der Waals surface area contributed by atoms with Gasteiger partial charge in [0.1, 0.15) is 0 Å². The van der Waals surface area contributed by atoms with E-state index in [1.807, 2.05) is 0 Å². The average molecular weight is 190 g/mol. The van der Waals surface area contributed by atoms with E-state index in [9.17, 15) is 0 Å². The molecular weight excluding hydrogens is 172 g/mol. The van der Waals surface area contributed by atoms with Gasteiger partial charge in [0.05, 0.1) is 0 Å². The Bertz CT molecular complexity index is 293. The topological polar surface area (TPSA) is 20.2 Å². The van der Waals surface area contributed by atoms with Crippen molar-refractivity contribution in [2.45, 2.75) is 26.2 Å². The minimum atomic E-state index is 0.245. The van der Waals surface area contributed by atoms with Crippen molar-refractivity contribution in [3.8, 4) is 0 Å². The molecule has 0 unspecified atom stereocenters. The lowest BCUT2D eigenvalue weighted by atomic mass is 10.0. The van der Waals surface area contributed by atoms with Gasteiger partial charge in [-0.15, -0.1) is 0 Å². The van der Waals surface area contributed by atoms with Crippen LogP contribution in [0.3, 0.4) is 0 Å². The van der Waals surface area contributed by atoms with Crippen LogP contribution in [0.25, 0.3) is 0 Å². The van der Waals surface area contributed by atoms with Gasteiger partial charge in [0.25, 0.3) is 0 Å². The summed E-state index contributed by atoms with van der Waals surface area (Å²) in [7, 11) is 0. The second-order valence-electron chi connectivity index (χ2n) is 4.74. The van der Waals surface area contributed by atoms with E-state index in [0.29, 0.717) is 6.61 Å². The number of rotatable bonds is 4. The van der Waals surface area contributed by atoms with Crippen LogP contribution >= 0.6 is 0 Å². The van der Waals surface area contributed by atoms with Gasteiger partial charge in [-0.25, -0.2) is 0 Å². The Balaban J connectivity index is 1.80. The molecule has 1 aromatic rings. The number of benzene rings is 1. The van der Waals surface area contributed by atoms with Crippen molar-refractivity contribution in [2.75, 3.05) is 6.61 Å². The van der Waals surface area contributed by atoms with Crippen molar-refractivity contribution in [3.05, 3.63) is 35.9 Å². The quantitative estimate of drug-likeness (QED) is 0.774. The van der Waals surface area contributed by atoms with E-state index >= 15 is 0 Å². The molecule has 0 aromatic heterocycles. The Morgan fingerprint density at radius 2 is 2.07 bits per heavy atom. The predicted molar refractivity (Wildman–Crippen MR) is 58.1 cm³/mol. The summed E-state index contributed by atoms with van der Waals surface area (Å²) in [5, 5.41) is 9.13. The van der Waals surface area contributed by atoms with E-state index < -0.39 is 0 Å².